The number of nitrogens with one attached hydrogen (secondary N) is 1. The van der Waals surface area contributed by atoms with E-state index in [1.54, 1.807) is 30.2 Å². The molecule has 4 rings (SSSR count). The molecule has 7 heteroatoms. The molecule has 0 atom stereocenters. The van der Waals surface area contributed by atoms with Crippen LogP contribution in [0.25, 0.3) is 11.0 Å². The van der Waals surface area contributed by atoms with Crippen molar-refractivity contribution in [2.75, 3.05) is 7.11 Å². The summed E-state index contributed by atoms with van der Waals surface area (Å²) in [6, 6.07) is 15.4. The topological polar surface area (TPSA) is 64.4 Å². The zero-order valence-electron chi connectivity index (χ0n) is 16.1. The maximum atomic E-state index is 12.9. The number of carbonyl (C=O) groups is 1. The Labute approximate surface area is 177 Å². The fraction of sp³-hybridized carbons (Fsp3) is 0.182. The Kier molecular flexibility index (Phi) is 5.87. The van der Waals surface area contributed by atoms with Crippen LogP contribution in [0.15, 0.2) is 62.7 Å². The summed E-state index contributed by atoms with van der Waals surface area (Å²) in [6.07, 6.45) is 0. The summed E-state index contributed by atoms with van der Waals surface area (Å²) in [5, 5.41) is 5.95. The molecule has 2 aromatic carbocycles. The lowest BCUT2D eigenvalue weighted by atomic mass is 10.1. The van der Waals surface area contributed by atoms with E-state index in [2.05, 4.69) is 10.3 Å². The number of hydrogen-bond acceptors (Lipinski definition) is 6. The number of aromatic nitrogens is 1. The molecule has 0 aliphatic heterocycles. The highest BCUT2D eigenvalue weighted by molar-refractivity contribution is 8.00. The van der Waals surface area contributed by atoms with E-state index in [4.69, 9.17) is 9.15 Å². The third-order valence-electron chi connectivity index (χ3n) is 4.45. The molecule has 4 aromatic rings. The zero-order valence-corrected chi connectivity index (χ0v) is 17.7. The maximum absolute atomic E-state index is 12.9. The molecule has 2 heterocycles. The number of furan rings is 1. The molecule has 0 aliphatic carbocycles. The Morgan fingerprint density at radius 1 is 1.21 bits per heavy atom. The molecular weight excluding hydrogens is 404 g/mol. The molecule has 0 radical (unpaired) electrons. The second-order valence-electron chi connectivity index (χ2n) is 6.48. The third kappa shape index (κ3) is 4.46. The number of ether oxygens (including phenoxy) is 1. The van der Waals surface area contributed by atoms with Crippen molar-refractivity contribution < 1.29 is 13.9 Å². The number of amides is 1. The van der Waals surface area contributed by atoms with Gasteiger partial charge in [0.25, 0.3) is 5.91 Å². The van der Waals surface area contributed by atoms with E-state index in [1.165, 1.54) is 0 Å². The van der Waals surface area contributed by atoms with Crippen molar-refractivity contribution >= 4 is 40.0 Å². The van der Waals surface area contributed by atoms with Gasteiger partial charge in [0, 0.05) is 34.3 Å². The van der Waals surface area contributed by atoms with Crippen LogP contribution in [-0.4, -0.2) is 18.0 Å². The van der Waals surface area contributed by atoms with E-state index in [9.17, 15) is 4.79 Å². The molecule has 0 fully saturated rings. The Hall–Kier alpha value is -2.77. The minimum atomic E-state index is -0.220. The van der Waals surface area contributed by atoms with E-state index < -0.39 is 0 Å². The van der Waals surface area contributed by atoms with E-state index in [-0.39, 0.29) is 5.91 Å². The number of benzene rings is 2. The number of nitrogens with zero attached hydrogens (tertiary/aromatic N) is 1. The minimum absolute atomic E-state index is 0.220. The van der Waals surface area contributed by atoms with E-state index in [1.807, 2.05) is 60.8 Å². The average Bonchev–Trinajstić information content (AvgIpc) is 3.34. The average molecular weight is 425 g/mol. The highest BCUT2D eigenvalue weighted by Crippen LogP contribution is 2.33. The van der Waals surface area contributed by atoms with Crippen molar-refractivity contribution in [1.82, 2.24) is 10.3 Å². The number of rotatable bonds is 7. The van der Waals surface area contributed by atoms with Gasteiger partial charge in [-0.05, 0) is 30.7 Å². The van der Waals surface area contributed by atoms with Gasteiger partial charge in [0.2, 0.25) is 0 Å². The van der Waals surface area contributed by atoms with Crippen molar-refractivity contribution in [2.45, 2.75) is 23.6 Å². The first-order chi connectivity index (χ1) is 14.1. The van der Waals surface area contributed by atoms with Crippen LogP contribution in [0.1, 0.15) is 27.4 Å². The number of para-hydroxylation sites is 1. The molecule has 148 valence electrons. The number of hydrogen-bond donors (Lipinski definition) is 1. The molecule has 2 aromatic heterocycles. The fourth-order valence-corrected chi connectivity index (χ4v) is 4.84. The maximum Gasteiger partial charge on any atom is 0.287 e. The third-order valence-corrected chi connectivity index (χ3v) is 6.62. The monoisotopic (exact) mass is 424 g/mol. The van der Waals surface area contributed by atoms with Gasteiger partial charge in [0.05, 0.1) is 7.11 Å². The highest BCUT2D eigenvalue weighted by Gasteiger charge is 2.21. The fourth-order valence-electron chi connectivity index (χ4n) is 2.96. The van der Waals surface area contributed by atoms with E-state index in [0.717, 1.165) is 32.3 Å². The van der Waals surface area contributed by atoms with Crippen LogP contribution < -0.4 is 10.1 Å². The Bertz CT molecular complexity index is 1130. The highest BCUT2D eigenvalue weighted by atomic mass is 32.2. The van der Waals surface area contributed by atoms with Crippen LogP contribution in [0.3, 0.4) is 0 Å². The molecular formula is C22H20N2O3S2. The minimum Gasteiger partial charge on any atom is -0.497 e. The lowest BCUT2D eigenvalue weighted by Crippen LogP contribution is -2.23. The van der Waals surface area contributed by atoms with Crippen molar-refractivity contribution in [1.29, 1.82) is 0 Å². The predicted molar refractivity (Wildman–Crippen MR) is 117 cm³/mol. The molecule has 5 nitrogen and oxygen atoms in total. The molecule has 29 heavy (non-hydrogen) atoms. The van der Waals surface area contributed by atoms with Gasteiger partial charge in [0.15, 0.2) is 5.76 Å². The van der Waals surface area contributed by atoms with Gasteiger partial charge in [-0.15, -0.1) is 11.3 Å². The number of fused-ring (bicyclic) bond motifs is 1. The Morgan fingerprint density at radius 2 is 2.00 bits per heavy atom. The van der Waals surface area contributed by atoms with Gasteiger partial charge >= 0.3 is 0 Å². The van der Waals surface area contributed by atoms with Crippen LogP contribution in [0.5, 0.6) is 5.75 Å². The summed E-state index contributed by atoms with van der Waals surface area (Å²) < 4.78 is 12.1. The van der Waals surface area contributed by atoms with Crippen molar-refractivity contribution in [2.24, 2.45) is 0 Å². The van der Waals surface area contributed by atoms with Gasteiger partial charge in [-0.3, -0.25) is 4.79 Å². The Morgan fingerprint density at radius 3 is 2.72 bits per heavy atom. The lowest BCUT2D eigenvalue weighted by Gasteiger charge is -2.06. The van der Waals surface area contributed by atoms with Crippen LogP contribution in [0, 0.1) is 6.92 Å². The summed E-state index contributed by atoms with van der Waals surface area (Å²) in [6.45, 7) is 2.39. The predicted octanol–water partition coefficient (Wildman–Crippen LogP) is 5.43. The molecule has 1 N–H and O–H groups in total. The van der Waals surface area contributed by atoms with E-state index in [0.29, 0.717) is 23.6 Å². The number of aryl methyl sites for hydroxylation is 1. The standard InChI is InChI=1S/C22H20N2O3S2/c1-14-12-28-22(24-14)29-13-18-17-5-3-4-6-19(17)27-20(18)21(25)23-11-15-7-9-16(26-2)10-8-15/h3-10,12H,11,13H2,1-2H3,(H,23,25). The smallest absolute Gasteiger partial charge is 0.287 e. The zero-order chi connectivity index (χ0) is 20.2. The summed E-state index contributed by atoms with van der Waals surface area (Å²) in [5.74, 6) is 1.55. The van der Waals surface area contributed by atoms with Crippen molar-refractivity contribution in [3.63, 3.8) is 0 Å². The van der Waals surface area contributed by atoms with Gasteiger partial charge in [-0.1, -0.05) is 42.1 Å². The van der Waals surface area contributed by atoms with E-state index >= 15 is 0 Å². The van der Waals surface area contributed by atoms with Gasteiger partial charge in [0.1, 0.15) is 15.7 Å². The Balaban J connectivity index is 1.53. The van der Waals surface area contributed by atoms with Gasteiger partial charge in [-0.2, -0.15) is 0 Å². The summed E-state index contributed by atoms with van der Waals surface area (Å²) in [4.78, 5) is 17.4. The first-order valence-electron chi connectivity index (χ1n) is 9.10. The molecule has 0 aliphatic rings. The summed E-state index contributed by atoms with van der Waals surface area (Å²) >= 11 is 3.23. The van der Waals surface area contributed by atoms with Crippen LogP contribution in [-0.2, 0) is 12.3 Å². The largest absolute Gasteiger partial charge is 0.497 e. The molecule has 0 saturated heterocycles. The van der Waals surface area contributed by atoms with Gasteiger partial charge in [-0.25, -0.2) is 4.98 Å². The number of carbonyl (C=O) groups excluding carboxylic acids is 1. The van der Waals surface area contributed by atoms with Crippen LogP contribution in [0.4, 0.5) is 0 Å². The van der Waals surface area contributed by atoms with Crippen molar-refractivity contribution in [3.8, 4) is 5.75 Å². The number of thioether (sulfide) groups is 1. The SMILES string of the molecule is COc1ccc(CNC(=O)c2oc3ccccc3c2CSc2nc(C)cs2)cc1. The number of thiazole rings is 1. The summed E-state index contributed by atoms with van der Waals surface area (Å²) in [7, 11) is 1.63. The first-order valence-corrected chi connectivity index (χ1v) is 11.0. The molecule has 0 saturated carbocycles. The van der Waals surface area contributed by atoms with Crippen LogP contribution in [0.2, 0.25) is 0 Å². The van der Waals surface area contributed by atoms with Gasteiger partial charge < -0.3 is 14.5 Å². The molecule has 0 spiro atoms. The molecule has 0 bridgehead atoms. The van der Waals surface area contributed by atoms with Crippen molar-refractivity contribution in [3.05, 3.63) is 76.5 Å². The lowest BCUT2D eigenvalue weighted by molar-refractivity contribution is 0.0924. The summed E-state index contributed by atoms with van der Waals surface area (Å²) in [5.41, 5.74) is 3.61. The van der Waals surface area contributed by atoms with Crippen LogP contribution >= 0.6 is 23.1 Å². The number of methoxy groups -OCH3 is 1. The quantitative estimate of drug-likeness (QED) is 0.401. The second kappa shape index (κ2) is 8.71. The molecule has 1 amide bonds. The second-order valence-corrected chi connectivity index (χ2v) is 8.56. The normalized spacial score (nSPS) is 11.0. The molecule has 0 unspecified atom stereocenters. The first kappa shape index (κ1) is 19.5.